The van der Waals surface area contributed by atoms with E-state index in [1.54, 1.807) is 6.07 Å². The van der Waals surface area contributed by atoms with Crippen molar-refractivity contribution in [3.05, 3.63) is 65.7 Å². The number of hydrogen-bond acceptors (Lipinski definition) is 3. The predicted molar refractivity (Wildman–Crippen MR) is 87.1 cm³/mol. The van der Waals surface area contributed by atoms with E-state index in [9.17, 15) is 26.7 Å². The molecule has 4 nitrogen and oxygen atoms in total. The van der Waals surface area contributed by atoms with Gasteiger partial charge in [0.15, 0.2) is 0 Å². The van der Waals surface area contributed by atoms with Gasteiger partial charge in [-0.3, -0.25) is 4.79 Å². The van der Waals surface area contributed by atoms with Crippen molar-refractivity contribution in [3.8, 4) is 11.5 Å². The molecule has 1 amide bonds. The Morgan fingerprint density at radius 1 is 1.07 bits per heavy atom. The van der Waals surface area contributed by atoms with Crippen molar-refractivity contribution in [2.24, 2.45) is 0 Å². The molecule has 2 rings (SSSR count). The second-order valence-corrected chi connectivity index (χ2v) is 5.15. The lowest BCUT2D eigenvalue weighted by Gasteiger charge is -2.10. The average Bonchev–Trinajstić information content (AvgIpc) is 2.58. The smallest absolute Gasteiger partial charge is 0.434 e. The molecule has 9 heteroatoms. The highest BCUT2D eigenvalue weighted by Gasteiger charge is 2.30. The summed E-state index contributed by atoms with van der Waals surface area (Å²) in [7, 11) is 0. The summed E-state index contributed by atoms with van der Waals surface area (Å²) in [5, 5.41) is 2.50. The normalized spacial score (nSPS) is 11.6. The van der Waals surface area contributed by atoms with Crippen LogP contribution in [0.4, 0.5) is 22.0 Å². The Labute approximate surface area is 151 Å². The molecule has 0 aliphatic rings. The van der Waals surface area contributed by atoms with Gasteiger partial charge in [-0.15, -0.1) is 13.2 Å². The fraction of sp³-hybridized carbons (Fsp3) is 0.167. The van der Waals surface area contributed by atoms with E-state index in [0.717, 1.165) is 18.2 Å². The van der Waals surface area contributed by atoms with E-state index < -0.39 is 18.9 Å². The molecule has 0 heterocycles. The van der Waals surface area contributed by atoms with Crippen molar-refractivity contribution < 1.29 is 36.2 Å². The van der Waals surface area contributed by atoms with E-state index in [-0.39, 0.29) is 18.0 Å². The second kappa shape index (κ2) is 9.02. The summed E-state index contributed by atoms with van der Waals surface area (Å²) in [4.78, 5) is 11.8. The largest absolute Gasteiger partial charge is 0.573 e. The quantitative estimate of drug-likeness (QED) is 0.562. The Bertz CT molecular complexity index is 788. The molecule has 0 aromatic heterocycles. The van der Waals surface area contributed by atoms with Gasteiger partial charge in [0.25, 0.3) is 0 Å². The molecule has 0 atom stereocenters. The van der Waals surface area contributed by atoms with Crippen LogP contribution in [0.5, 0.6) is 11.5 Å². The SMILES string of the molecule is O=C(/C=C/c1ccc(OC(F)(F)F)cc1)NCc1ccccc1OC(F)F. The zero-order chi connectivity index (χ0) is 19.9. The maximum Gasteiger partial charge on any atom is 0.573 e. The summed E-state index contributed by atoms with van der Waals surface area (Å²) < 4.78 is 69.0. The molecular formula is C18H14F5NO3. The topological polar surface area (TPSA) is 47.6 Å². The molecule has 2 aromatic carbocycles. The van der Waals surface area contributed by atoms with Crippen LogP contribution in [0.3, 0.4) is 0 Å². The van der Waals surface area contributed by atoms with Crippen molar-refractivity contribution in [1.82, 2.24) is 5.32 Å². The first-order valence-corrected chi connectivity index (χ1v) is 7.57. The number of carbonyl (C=O) groups is 1. The molecule has 0 fully saturated rings. The van der Waals surface area contributed by atoms with E-state index in [2.05, 4.69) is 14.8 Å². The van der Waals surface area contributed by atoms with E-state index >= 15 is 0 Å². The minimum absolute atomic E-state index is 0.0373. The van der Waals surface area contributed by atoms with E-state index in [1.807, 2.05) is 0 Å². The summed E-state index contributed by atoms with van der Waals surface area (Å²) in [6, 6.07) is 10.9. The van der Waals surface area contributed by atoms with Gasteiger partial charge in [-0.25, -0.2) is 0 Å². The number of ether oxygens (including phenoxy) is 2. The van der Waals surface area contributed by atoms with Gasteiger partial charge in [0.05, 0.1) is 0 Å². The van der Waals surface area contributed by atoms with Crippen molar-refractivity contribution in [2.45, 2.75) is 19.5 Å². The number of alkyl halides is 5. The molecule has 0 saturated carbocycles. The maximum atomic E-state index is 12.3. The Hall–Kier alpha value is -3.10. The Kier molecular flexibility index (Phi) is 6.75. The van der Waals surface area contributed by atoms with Gasteiger partial charge < -0.3 is 14.8 Å². The van der Waals surface area contributed by atoms with Crippen LogP contribution in [0.25, 0.3) is 6.08 Å². The van der Waals surface area contributed by atoms with Crippen molar-refractivity contribution in [1.29, 1.82) is 0 Å². The molecule has 0 bridgehead atoms. The zero-order valence-corrected chi connectivity index (χ0v) is 13.7. The average molecular weight is 387 g/mol. The number of amides is 1. The van der Waals surface area contributed by atoms with Gasteiger partial charge in [0.2, 0.25) is 5.91 Å². The highest BCUT2D eigenvalue weighted by molar-refractivity contribution is 5.91. The minimum atomic E-state index is -4.78. The minimum Gasteiger partial charge on any atom is -0.434 e. The third kappa shape index (κ3) is 7.35. The highest BCUT2D eigenvalue weighted by Crippen LogP contribution is 2.23. The molecule has 0 unspecified atom stereocenters. The lowest BCUT2D eigenvalue weighted by molar-refractivity contribution is -0.274. The molecule has 0 aliphatic carbocycles. The van der Waals surface area contributed by atoms with Crippen LogP contribution in [0, 0.1) is 0 Å². The van der Waals surface area contributed by atoms with E-state index in [4.69, 9.17) is 0 Å². The standard InChI is InChI=1S/C18H14F5NO3/c19-17(20)26-15-4-2-1-3-13(15)11-24-16(25)10-7-12-5-8-14(9-6-12)27-18(21,22)23/h1-10,17H,11H2,(H,24,25)/b10-7+. The summed E-state index contributed by atoms with van der Waals surface area (Å²) in [6.07, 6.45) is -2.23. The molecule has 0 saturated heterocycles. The van der Waals surface area contributed by atoms with Crippen LogP contribution in [0.15, 0.2) is 54.6 Å². The van der Waals surface area contributed by atoms with Gasteiger partial charge in [-0.2, -0.15) is 8.78 Å². The molecule has 0 radical (unpaired) electrons. The summed E-state index contributed by atoms with van der Waals surface area (Å²) in [6.45, 7) is -3.02. The number of halogens is 5. The fourth-order valence-electron chi connectivity index (χ4n) is 2.05. The van der Waals surface area contributed by atoms with Crippen LogP contribution in [0.2, 0.25) is 0 Å². The molecule has 2 aromatic rings. The first-order valence-electron chi connectivity index (χ1n) is 7.57. The van der Waals surface area contributed by atoms with Crippen LogP contribution in [-0.2, 0) is 11.3 Å². The third-order valence-electron chi connectivity index (χ3n) is 3.18. The summed E-state index contributed by atoms with van der Waals surface area (Å²) >= 11 is 0. The van der Waals surface area contributed by atoms with Crippen LogP contribution >= 0.6 is 0 Å². The van der Waals surface area contributed by atoms with Crippen LogP contribution in [-0.4, -0.2) is 18.9 Å². The maximum absolute atomic E-state index is 12.3. The molecule has 27 heavy (non-hydrogen) atoms. The van der Waals surface area contributed by atoms with Crippen molar-refractivity contribution >= 4 is 12.0 Å². The first kappa shape index (κ1) is 20.2. The number of carbonyl (C=O) groups excluding carboxylic acids is 1. The Balaban J connectivity index is 1.90. The Morgan fingerprint density at radius 3 is 2.37 bits per heavy atom. The van der Waals surface area contributed by atoms with Gasteiger partial charge in [0, 0.05) is 18.2 Å². The van der Waals surface area contributed by atoms with Gasteiger partial charge >= 0.3 is 13.0 Å². The molecule has 0 spiro atoms. The Morgan fingerprint density at radius 2 is 1.74 bits per heavy atom. The summed E-state index contributed by atoms with van der Waals surface area (Å²) in [5.41, 5.74) is 0.842. The second-order valence-electron chi connectivity index (χ2n) is 5.15. The van der Waals surface area contributed by atoms with E-state index in [0.29, 0.717) is 11.1 Å². The zero-order valence-electron chi connectivity index (χ0n) is 13.7. The number of rotatable bonds is 7. The lowest BCUT2D eigenvalue weighted by atomic mass is 10.2. The molecule has 0 aliphatic heterocycles. The van der Waals surface area contributed by atoms with Gasteiger partial charge in [-0.05, 0) is 29.8 Å². The first-order chi connectivity index (χ1) is 12.7. The van der Waals surface area contributed by atoms with Gasteiger partial charge in [0.1, 0.15) is 11.5 Å². The molecule has 144 valence electrons. The fourth-order valence-corrected chi connectivity index (χ4v) is 2.05. The van der Waals surface area contributed by atoms with Crippen LogP contribution < -0.4 is 14.8 Å². The number of para-hydroxylation sites is 1. The lowest BCUT2D eigenvalue weighted by Crippen LogP contribution is -2.21. The van der Waals surface area contributed by atoms with Crippen molar-refractivity contribution in [3.63, 3.8) is 0 Å². The summed E-state index contributed by atoms with van der Waals surface area (Å²) in [5.74, 6) is -0.936. The molecule has 1 N–H and O–H groups in total. The third-order valence-corrected chi connectivity index (χ3v) is 3.18. The van der Waals surface area contributed by atoms with Crippen molar-refractivity contribution in [2.75, 3.05) is 0 Å². The van der Waals surface area contributed by atoms with E-state index in [1.165, 1.54) is 36.4 Å². The highest BCUT2D eigenvalue weighted by atomic mass is 19.4. The monoisotopic (exact) mass is 387 g/mol. The number of nitrogens with one attached hydrogen (secondary N) is 1. The predicted octanol–water partition coefficient (Wildman–Crippen LogP) is 4.52. The number of hydrogen-bond donors (Lipinski definition) is 1. The number of benzene rings is 2. The van der Waals surface area contributed by atoms with Gasteiger partial charge in [-0.1, -0.05) is 30.3 Å². The van der Waals surface area contributed by atoms with Crippen LogP contribution in [0.1, 0.15) is 11.1 Å². The molecular weight excluding hydrogens is 373 g/mol.